The topological polar surface area (TPSA) is 75.6 Å². The van der Waals surface area contributed by atoms with Crippen LogP contribution < -0.4 is 4.72 Å². The molecule has 2 atom stereocenters. The Morgan fingerprint density at radius 1 is 1.64 bits per heavy atom. The number of sulfonamides is 1. The molecule has 0 saturated carbocycles. The van der Waals surface area contributed by atoms with Crippen LogP contribution in [0.5, 0.6) is 0 Å². The summed E-state index contributed by atoms with van der Waals surface area (Å²) < 4.78 is 30.7. The molecule has 0 amide bonds. The van der Waals surface area contributed by atoms with Crippen molar-refractivity contribution in [1.82, 2.24) is 4.72 Å². The fraction of sp³-hybridized carbons (Fsp3) is 1.00. The molecule has 0 aromatic carbocycles. The van der Waals surface area contributed by atoms with Crippen molar-refractivity contribution >= 4 is 10.0 Å². The van der Waals surface area contributed by atoms with Gasteiger partial charge in [0, 0.05) is 12.6 Å². The van der Waals surface area contributed by atoms with Gasteiger partial charge in [0.25, 0.3) is 0 Å². The minimum absolute atomic E-state index is 0.136. The second-order valence-corrected chi connectivity index (χ2v) is 5.70. The molecule has 1 aliphatic rings. The van der Waals surface area contributed by atoms with E-state index in [0.717, 1.165) is 12.8 Å². The van der Waals surface area contributed by atoms with Crippen molar-refractivity contribution in [2.75, 3.05) is 19.8 Å². The molecule has 1 saturated heterocycles. The van der Waals surface area contributed by atoms with Crippen molar-refractivity contribution in [2.24, 2.45) is 0 Å². The zero-order valence-electron chi connectivity index (χ0n) is 8.27. The van der Waals surface area contributed by atoms with Crippen LogP contribution in [0.2, 0.25) is 0 Å². The molecule has 0 aliphatic carbocycles. The summed E-state index contributed by atoms with van der Waals surface area (Å²) in [5.41, 5.74) is 0. The third-order valence-electron chi connectivity index (χ3n) is 2.28. The van der Waals surface area contributed by atoms with Crippen molar-refractivity contribution in [2.45, 2.75) is 31.1 Å². The second kappa shape index (κ2) is 5.06. The van der Waals surface area contributed by atoms with Crippen LogP contribution in [0.15, 0.2) is 0 Å². The van der Waals surface area contributed by atoms with Crippen molar-refractivity contribution in [3.63, 3.8) is 0 Å². The maximum atomic E-state index is 11.5. The van der Waals surface area contributed by atoms with Gasteiger partial charge in [0.05, 0.1) is 18.5 Å². The molecule has 0 spiro atoms. The zero-order valence-corrected chi connectivity index (χ0v) is 9.09. The Morgan fingerprint density at radius 2 is 2.36 bits per heavy atom. The fourth-order valence-corrected chi connectivity index (χ4v) is 2.36. The number of ether oxygens (including phenoxy) is 1. The van der Waals surface area contributed by atoms with Crippen molar-refractivity contribution < 1.29 is 18.3 Å². The standard InChI is InChI=1S/C8H17NO4S/c1-7(5-10)14(11,12)9-8-3-2-4-13-6-8/h7-10H,2-6H2,1H3. The van der Waals surface area contributed by atoms with Crippen LogP contribution in [0.1, 0.15) is 19.8 Å². The third-order valence-corrected chi connectivity index (χ3v) is 4.15. The summed E-state index contributed by atoms with van der Waals surface area (Å²) in [4.78, 5) is 0. The van der Waals surface area contributed by atoms with Crippen LogP contribution in [-0.2, 0) is 14.8 Å². The molecule has 0 aromatic heterocycles. The summed E-state index contributed by atoms with van der Waals surface area (Å²) >= 11 is 0. The maximum Gasteiger partial charge on any atom is 0.216 e. The summed E-state index contributed by atoms with van der Waals surface area (Å²) in [5, 5.41) is 7.99. The van der Waals surface area contributed by atoms with Crippen molar-refractivity contribution in [1.29, 1.82) is 0 Å². The highest BCUT2D eigenvalue weighted by Crippen LogP contribution is 2.08. The molecule has 0 radical (unpaired) electrons. The van der Waals surface area contributed by atoms with Crippen molar-refractivity contribution in [3.05, 3.63) is 0 Å². The molecule has 6 heteroatoms. The molecule has 1 aliphatic heterocycles. The van der Waals surface area contributed by atoms with E-state index in [-0.39, 0.29) is 12.6 Å². The summed E-state index contributed by atoms with van der Waals surface area (Å²) in [6.45, 7) is 2.25. The van der Waals surface area contributed by atoms with Crippen LogP contribution in [0.25, 0.3) is 0 Å². The molecule has 1 fully saturated rings. The highest BCUT2D eigenvalue weighted by molar-refractivity contribution is 7.90. The largest absolute Gasteiger partial charge is 0.395 e. The smallest absolute Gasteiger partial charge is 0.216 e. The lowest BCUT2D eigenvalue weighted by Crippen LogP contribution is -2.44. The molecule has 1 rings (SSSR count). The minimum atomic E-state index is -3.39. The van der Waals surface area contributed by atoms with Gasteiger partial charge in [-0.1, -0.05) is 0 Å². The maximum absolute atomic E-state index is 11.5. The first kappa shape index (κ1) is 11.9. The Balaban J connectivity index is 2.49. The molecule has 14 heavy (non-hydrogen) atoms. The molecule has 84 valence electrons. The van der Waals surface area contributed by atoms with Crippen LogP contribution >= 0.6 is 0 Å². The van der Waals surface area contributed by atoms with E-state index < -0.39 is 15.3 Å². The first-order chi connectivity index (χ1) is 6.56. The first-order valence-electron chi connectivity index (χ1n) is 4.76. The van der Waals surface area contributed by atoms with E-state index in [0.29, 0.717) is 13.2 Å². The summed E-state index contributed by atoms with van der Waals surface area (Å²) in [6.07, 6.45) is 1.68. The van der Waals surface area contributed by atoms with Gasteiger partial charge < -0.3 is 9.84 Å². The number of nitrogens with one attached hydrogen (secondary N) is 1. The van der Waals surface area contributed by atoms with Crippen LogP contribution in [0.3, 0.4) is 0 Å². The predicted molar refractivity (Wildman–Crippen MR) is 52.4 cm³/mol. The van der Waals surface area contributed by atoms with Gasteiger partial charge in [0.15, 0.2) is 0 Å². The van der Waals surface area contributed by atoms with Crippen LogP contribution in [0, 0.1) is 0 Å². The normalized spacial score (nSPS) is 26.0. The second-order valence-electron chi connectivity index (χ2n) is 3.57. The Labute approximate surface area is 84.5 Å². The van der Waals surface area contributed by atoms with Gasteiger partial charge in [0.2, 0.25) is 10.0 Å². The van der Waals surface area contributed by atoms with E-state index in [9.17, 15) is 8.42 Å². The number of hydrogen-bond donors (Lipinski definition) is 2. The molecule has 0 aromatic rings. The highest BCUT2D eigenvalue weighted by atomic mass is 32.2. The van der Waals surface area contributed by atoms with Gasteiger partial charge in [-0.25, -0.2) is 13.1 Å². The monoisotopic (exact) mass is 223 g/mol. The van der Waals surface area contributed by atoms with E-state index >= 15 is 0 Å². The van der Waals surface area contributed by atoms with Gasteiger partial charge in [-0.05, 0) is 19.8 Å². The molecule has 2 N–H and O–H groups in total. The Bertz CT molecular complexity index is 259. The Kier molecular flexibility index (Phi) is 4.31. The lowest BCUT2D eigenvalue weighted by molar-refractivity contribution is 0.0772. The fourth-order valence-electron chi connectivity index (χ4n) is 1.28. The molecule has 2 unspecified atom stereocenters. The predicted octanol–water partition coefficient (Wildman–Crippen LogP) is -0.534. The van der Waals surface area contributed by atoms with E-state index in [2.05, 4.69) is 4.72 Å². The van der Waals surface area contributed by atoms with E-state index in [1.165, 1.54) is 6.92 Å². The van der Waals surface area contributed by atoms with Gasteiger partial charge >= 0.3 is 0 Å². The Hall–Kier alpha value is -0.170. The summed E-state index contributed by atoms with van der Waals surface area (Å²) in [6, 6.07) is -0.136. The van der Waals surface area contributed by atoms with Gasteiger partial charge in [-0.3, -0.25) is 0 Å². The average molecular weight is 223 g/mol. The quantitative estimate of drug-likeness (QED) is 0.671. The zero-order chi connectivity index (χ0) is 10.6. The van der Waals surface area contributed by atoms with Crippen LogP contribution in [0.4, 0.5) is 0 Å². The van der Waals surface area contributed by atoms with E-state index in [4.69, 9.17) is 9.84 Å². The average Bonchev–Trinajstić information content (AvgIpc) is 2.17. The SMILES string of the molecule is CC(CO)S(=O)(=O)NC1CCCOC1. The van der Waals surface area contributed by atoms with E-state index in [1.807, 2.05) is 0 Å². The van der Waals surface area contributed by atoms with E-state index in [1.54, 1.807) is 0 Å². The Morgan fingerprint density at radius 3 is 2.86 bits per heavy atom. The van der Waals surface area contributed by atoms with Crippen LogP contribution in [-0.4, -0.2) is 44.6 Å². The number of hydrogen-bond acceptors (Lipinski definition) is 4. The molecule has 1 heterocycles. The molecule has 0 bridgehead atoms. The lowest BCUT2D eigenvalue weighted by Gasteiger charge is -2.24. The summed E-state index contributed by atoms with van der Waals surface area (Å²) in [7, 11) is -3.39. The van der Waals surface area contributed by atoms with Gasteiger partial charge in [0.1, 0.15) is 0 Å². The third kappa shape index (κ3) is 3.20. The molecular formula is C8H17NO4S. The lowest BCUT2D eigenvalue weighted by atomic mass is 10.1. The summed E-state index contributed by atoms with van der Waals surface area (Å²) in [5.74, 6) is 0. The van der Waals surface area contributed by atoms with Gasteiger partial charge in [-0.15, -0.1) is 0 Å². The number of rotatable bonds is 4. The number of aliphatic hydroxyl groups excluding tert-OH is 1. The molecular weight excluding hydrogens is 206 g/mol. The molecule has 5 nitrogen and oxygen atoms in total. The van der Waals surface area contributed by atoms with Crippen molar-refractivity contribution in [3.8, 4) is 0 Å². The highest BCUT2D eigenvalue weighted by Gasteiger charge is 2.25. The minimum Gasteiger partial charge on any atom is -0.395 e. The first-order valence-corrected chi connectivity index (χ1v) is 6.30. The number of aliphatic hydroxyl groups is 1. The van der Waals surface area contributed by atoms with Gasteiger partial charge in [-0.2, -0.15) is 0 Å².